The van der Waals surface area contributed by atoms with Crippen molar-refractivity contribution in [1.82, 2.24) is 4.57 Å². The van der Waals surface area contributed by atoms with Crippen molar-refractivity contribution in [2.75, 3.05) is 12.3 Å². The minimum Gasteiger partial charge on any atom is -0.465 e. The lowest BCUT2D eigenvalue weighted by Crippen LogP contribution is -2.25. The monoisotopic (exact) mass is 286 g/mol. The molecule has 2 N–H and O–H groups in total. The standard InChI is InChI=1S/C16H18N2O3/c17-12-8-9-18(15(19)11-12)13-4-6-14(7-5-13)21-16-3-1-2-10-20-16/h4-9,11,16H,1-3,10,17H2. The summed E-state index contributed by atoms with van der Waals surface area (Å²) in [6.45, 7) is 0.754. The lowest BCUT2D eigenvalue weighted by atomic mass is 10.2. The highest BCUT2D eigenvalue weighted by Crippen LogP contribution is 2.20. The molecule has 110 valence electrons. The molecule has 2 heterocycles. The quantitative estimate of drug-likeness (QED) is 0.940. The minimum atomic E-state index is -0.163. The molecule has 0 amide bonds. The van der Waals surface area contributed by atoms with Crippen molar-refractivity contribution in [3.05, 3.63) is 52.9 Å². The van der Waals surface area contributed by atoms with Gasteiger partial charge in [-0.15, -0.1) is 0 Å². The molecule has 1 aromatic heterocycles. The molecule has 1 aromatic carbocycles. The van der Waals surface area contributed by atoms with E-state index in [0.717, 1.165) is 37.3 Å². The van der Waals surface area contributed by atoms with Crippen molar-refractivity contribution >= 4 is 5.69 Å². The van der Waals surface area contributed by atoms with Crippen LogP contribution >= 0.6 is 0 Å². The van der Waals surface area contributed by atoms with Crippen LogP contribution in [0, 0.1) is 0 Å². The number of hydrogen-bond donors (Lipinski definition) is 1. The van der Waals surface area contributed by atoms with Crippen LogP contribution in [0.15, 0.2) is 47.4 Å². The van der Waals surface area contributed by atoms with Crippen molar-refractivity contribution in [1.29, 1.82) is 0 Å². The van der Waals surface area contributed by atoms with Gasteiger partial charge in [-0.3, -0.25) is 9.36 Å². The number of hydrogen-bond acceptors (Lipinski definition) is 4. The molecule has 0 saturated carbocycles. The number of anilines is 1. The SMILES string of the molecule is Nc1ccn(-c2ccc(OC3CCCCO3)cc2)c(=O)c1. The van der Waals surface area contributed by atoms with Crippen molar-refractivity contribution in [2.45, 2.75) is 25.6 Å². The van der Waals surface area contributed by atoms with Gasteiger partial charge in [0.1, 0.15) is 5.75 Å². The van der Waals surface area contributed by atoms with Crippen LogP contribution in [0.2, 0.25) is 0 Å². The maximum atomic E-state index is 11.9. The summed E-state index contributed by atoms with van der Waals surface area (Å²) in [6, 6.07) is 10.5. The van der Waals surface area contributed by atoms with Crippen molar-refractivity contribution in [3.8, 4) is 11.4 Å². The van der Waals surface area contributed by atoms with Crippen LogP contribution in [0.3, 0.4) is 0 Å². The zero-order chi connectivity index (χ0) is 14.7. The van der Waals surface area contributed by atoms with Crippen LogP contribution in [-0.2, 0) is 4.74 Å². The fraction of sp³-hybridized carbons (Fsp3) is 0.312. The summed E-state index contributed by atoms with van der Waals surface area (Å²) in [7, 11) is 0. The summed E-state index contributed by atoms with van der Waals surface area (Å²) in [4.78, 5) is 11.9. The van der Waals surface area contributed by atoms with Gasteiger partial charge in [-0.2, -0.15) is 0 Å². The molecular formula is C16H18N2O3. The Morgan fingerprint density at radius 1 is 1.19 bits per heavy atom. The summed E-state index contributed by atoms with van der Waals surface area (Å²) in [5, 5.41) is 0. The zero-order valence-electron chi connectivity index (χ0n) is 11.7. The predicted octanol–water partition coefficient (Wildman–Crippen LogP) is 2.33. The third-order valence-corrected chi connectivity index (χ3v) is 3.46. The van der Waals surface area contributed by atoms with E-state index in [1.165, 1.54) is 10.6 Å². The van der Waals surface area contributed by atoms with Gasteiger partial charge in [-0.05, 0) is 43.2 Å². The summed E-state index contributed by atoms with van der Waals surface area (Å²) in [6.07, 6.45) is 4.64. The van der Waals surface area contributed by atoms with Gasteiger partial charge < -0.3 is 15.2 Å². The first-order chi connectivity index (χ1) is 10.2. The van der Waals surface area contributed by atoms with E-state index in [4.69, 9.17) is 15.2 Å². The number of ether oxygens (including phenoxy) is 2. The van der Waals surface area contributed by atoms with Crippen LogP contribution in [0.4, 0.5) is 5.69 Å². The van der Waals surface area contributed by atoms with E-state index in [1.807, 2.05) is 24.3 Å². The van der Waals surface area contributed by atoms with Gasteiger partial charge in [0.2, 0.25) is 0 Å². The van der Waals surface area contributed by atoms with Gasteiger partial charge in [0.05, 0.1) is 6.61 Å². The number of nitrogens with two attached hydrogens (primary N) is 1. The van der Waals surface area contributed by atoms with Crippen molar-refractivity contribution in [2.24, 2.45) is 0 Å². The maximum Gasteiger partial charge on any atom is 0.257 e. The zero-order valence-corrected chi connectivity index (χ0v) is 11.7. The molecule has 1 fully saturated rings. The van der Waals surface area contributed by atoms with E-state index in [0.29, 0.717) is 5.69 Å². The van der Waals surface area contributed by atoms with Crippen LogP contribution < -0.4 is 16.0 Å². The summed E-state index contributed by atoms with van der Waals surface area (Å²) in [5.41, 5.74) is 6.67. The molecule has 5 nitrogen and oxygen atoms in total. The molecule has 1 aliphatic heterocycles. The Morgan fingerprint density at radius 2 is 2.00 bits per heavy atom. The van der Waals surface area contributed by atoms with Crippen molar-refractivity contribution in [3.63, 3.8) is 0 Å². The Balaban J connectivity index is 1.75. The second-order valence-corrected chi connectivity index (χ2v) is 5.08. The highest BCUT2D eigenvalue weighted by atomic mass is 16.7. The molecule has 2 aromatic rings. The van der Waals surface area contributed by atoms with Gasteiger partial charge in [0.25, 0.3) is 5.56 Å². The Hall–Kier alpha value is -2.27. The molecule has 3 rings (SSSR count). The molecule has 0 aliphatic carbocycles. The number of nitrogens with zero attached hydrogens (tertiary/aromatic N) is 1. The van der Waals surface area contributed by atoms with Gasteiger partial charge in [-0.1, -0.05) is 0 Å². The first-order valence-corrected chi connectivity index (χ1v) is 7.09. The van der Waals surface area contributed by atoms with Gasteiger partial charge in [-0.25, -0.2) is 0 Å². The number of rotatable bonds is 3. The largest absolute Gasteiger partial charge is 0.465 e. The third-order valence-electron chi connectivity index (χ3n) is 3.46. The topological polar surface area (TPSA) is 66.5 Å². The first-order valence-electron chi connectivity index (χ1n) is 7.09. The average Bonchev–Trinajstić information content (AvgIpc) is 2.49. The van der Waals surface area contributed by atoms with Gasteiger partial charge in [0.15, 0.2) is 6.29 Å². The Morgan fingerprint density at radius 3 is 2.67 bits per heavy atom. The van der Waals surface area contributed by atoms with E-state index < -0.39 is 0 Å². The predicted molar refractivity (Wildman–Crippen MR) is 80.7 cm³/mol. The normalized spacial score (nSPS) is 18.4. The lowest BCUT2D eigenvalue weighted by molar-refractivity contribution is -0.105. The summed E-state index contributed by atoms with van der Waals surface area (Å²) < 4.78 is 12.8. The highest BCUT2D eigenvalue weighted by molar-refractivity contribution is 5.41. The maximum absolute atomic E-state index is 11.9. The molecule has 1 unspecified atom stereocenters. The van der Waals surface area contributed by atoms with Crippen LogP contribution in [0.5, 0.6) is 5.75 Å². The highest BCUT2D eigenvalue weighted by Gasteiger charge is 2.15. The van der Waals surface area contributed by atoms with E-state index in [-0.39, 0.29) is 11.8 Å². The second-order valence-electron chi connectivity index (χ2n) is 5.08. The van der Waals surface area contributed by atoms with E-state index in [2.05, 4.69) is 0 Å². The molecular weight excluding hydrogens is 268 g/mol. The molecule has 5 heteroatoms. The van der Waals surface area contributed by atoms with Crippen LogP contribution in [0.25, 0.3) is 5.69 Å². The lowest BCUT2D eigenvalue weighted by Gasteiger charge is -2.23. The van der Waals surface area contributed by atoms with Gasteiger partial charge in [0, 0.05) is 30.1 Å². The molecule has 21 heavy (non-hydrogen) atoms. The Bertz CT molecular complexity index is 658. The summed E-state index contributed by atoms with van der Waals surface area (Å²) >= 11 is 0. The molecule has 0 spiro atoms. The van der Waals surface area contributed by atoms with E-state index in [9.17, 15) is 4.79 Å². The molecule has 1 aliphatic rings. The second kappa shape index (κ2) is 6.01. The first kappa shape index (κ1) is 13.7. The number of pyridine rings is 1. The Kier molecular flexibility index (Phi) is 3.92. The third kappa shape index (κ3) is 3.25. The van der Waals surface area contributed by atoms with Crippen molar-refractivity contribution < 1.29 is 9.47 Å². The summed E-state index contributed by atoms with van der Waals surface area (Å²) in [5.74, 6) is 0.745. The number of nitrogen functional groups attached to an aromatic ring is 1. The number of benzene rings is 1. The van der Waals surface area contributed by atoms with E-state index in [1.54, 1.807) is 12.3 Å². The minimum absolute atomic E-state index is 0.153. The molecule has 0 bridgehead atoms. The van der Waals surface area contributed by atoms with Gasteiger partial charge >= 0.3 is 0 Å². The Labute approximate surface area is 122 Å². The van der Waals surface area contributed by atoms with Crippen LogP contribution in [0.1, 0.15) is 19.3 Å². The average molecular weight is 286 g/mol. The van der Waals surface area contributed by atoms with E-state index >= 15 is 0 Å². The van der Waals surface area contributed by atoms with Crippen LogP contribution in [-0.4, -0.2) is 17.5 Å². The molecule has 1 atom stereocenters. The fourth-order valence-electron chi connectivity index (χ4n) is 2.35. The fourth-order valence-corrected chi connectivity index (χ4v) is 2.35. The smallest absolute Gasteiger partial charge is 0.257 e. The molecule has 1 saturated heterocycles. The number of aromatic nitrogens is 1. The molecule has 0 radical (unpaired) electrons.